The molecule has 3 saturated heterocycles. The molecular weight excluding hydrogens is 364 g/mol. The van der Waals surface area contributed by atoms with Gasteiger partial charge in [-0.2, -0.15) is 0 Å². The number of carbonyl (C=O) groups is 2. The normalized spacial score (nSPS) is 31.4. The summed E-state index contributed by atoms with van der Waals surface area (Å²) in [5.74, 6) is -0.633. The van der Waals surface area contributed by atoms with E-state index < -0.39 is 17.8 Å². The smallest absolute Gasteiger partial charge is 0.310 e. The van der Waals surface area contributed by atoms with Crippen LogP contribution in [0.2, 0.25) is 0 Å². The van der Waals surface area contributed by atoms with Gasteiger partial charge in [0.25, 0.3) is 0 Å². The summed E-state index contributed by atoms with van der Waals surface area (Å²) in [7, 11) is 0. The average molecular weight is 388 g/mol. The Labute approximate surface area is 162 Å². The molecule has 1 amide bonds. The topological polar surface area (TPSA) is 88.5 Å². The molecule has 1 aromatic rings. The number of piperazine rings is 1. The molecule has 5 rings (SSSR count). The zero-order valence-electron chi connectivity index (χ0n) is 15.6. The number of hydrogen-bond acceptors (Lipinski definition) is 6. The number of carboxylic acid groups (broad SMARTS) is 1. The van der Waals surface area contributed by atoms with Crippen molar-refractivity contribution in [3.8, 4) is 11.5 Å². The quantitative estimate of drug-likeness (QED) is 0.821. The lowest BCUT2D eigenvalue weighted by molar-refractivity contribution is -0.151. The van der Waals surface area contributed by atoms with Crippen LogP contribution in [0.25, 0.3) is 0 Å². The van der Waals surface area contributed by atoms with Crippen LogP contribution >= 0.6 is 0 Å². The lowest BCUT2D eigenvalue weighted by atomic mass is 9.78. The number of hydrogen-bond donors (Lipinski definition) is 1. The molecule has 0 aliphatic carbocycles. The molecule has 150 valence electrons. The van der Waals surface area contributed by atoms with E-state index in [0.717, 1.165) is 49.5 Å². The van der Waals surface area contributed by atoms with Crippen molar-refractivity contribution in [1.29, 1.82) is 0 Å². The highest BCUT2D eigenvalue weighted by molar-refractivity contribution is 5.86. The Morgan fingerprint density at radius 1 is 1.00 bits per heavy atom. The van der Waals surface area contributed by atoms with E-state index in [1.165, 1.54) is 0 Å². The molecule has 2 bridgehead atoms. The number of rotatable bonds is 4. The minimum atomic E-state index is -0.910. The summed E-state index contributed by atoms with van der Waals surface area (Å²) in [6.07, 6.45) is 0.998. The Hall–Kier alpha value is -2.32. The van der Waals surface area contributed by atoms with E-state index in [-0.39, 0.29) is 24.9 Å². The molecular formula is C20H24N2O6. The third-order valence-electron chi connectivity index (χ3n) is 6.37. The molecule has 0 aromatic heterocycles. The third kappa shape index (κ3) is 3.00. The lowest BCUT2D eigenvalue weighted by Crippen LogP contribution is -2.53. The standard InChI is InChI=1S/C20H24N2O6/c23-19(17-14-3-4-15(28-14)18(17)20(24)25)22-7-5-21(6-8-22)10-12-1-2-13-16(9-12)27-11-26-13/h1-2,9,14-15,17-18H,3-8,10-11H2,(H,24,25)/t14-,15-,17+,18-/m1/s1. The molecule has 4 atom stereocenters. The first-order valence-electron chi connectivity index (χ1n) is 9.88. The van der Waals surface area contributed by atoms with Crippen molar-refractivity contribution in [2.75, 3.05) is 33.0 Å². The molecule has 0 radical (unpaired) electrons. The highest BCUT2D eigenvalue weighted by Crippen LogP contribution is 2.44. The van der Waals surface area contributed by atoms with Crippen molar-refractivity contribution in [2.24, 2.45) is 11.8 Å². The Bertz CT molecular complexity index is 791. The molecule has 8 heteroatoms. The van der Waals surface area contributed by atoms with Gasteiger partial charge in [0, 0.05) is 32.7 Å². The molecule has 0 unspecified atom stereocenters. The van der Waals surface area contributed by atoms with Crippen molar-refractivity contribution >= 4 is 11.9 Å². The molecule has 3 fully saturated rings. The first-order chi connectivity index (χ1) is 13.6. The number of amides is 1. The summed E-state index contributed by atoms with van der Waals surface area (Å²) in [5, 5.41) is 9.55. The fourth-order valence-electron chi connectivity index (χ4n) is 4.94. The predicted octanol–water partition coefficient (Wildman–Crippen LogP) is 0.938. The van der Waals surface area contributed by atoms with Gasteiger partial charge in [-0.25, -0.2) is 0 Å². The lowest BCUT2D eigenvalue weighted by Gasteiger charge is -2.37. The zero-order chi connectivity index (χ0) is 19.3. The van der Waals surface area contributed by atoms with Gasteiger partial charge in [0.15, 0.2) is 11.5 Å². The Kier molecular flexibility index (Phi) is 4.40. The minimum Gasteiger partial charge on any atom is -0.481 e. The van der Waals surface area contributed by atoms with Gasteiger partial charge >= 0.3 is 5.97 Å². The summed E-state index contributed by atoms with van der Waals surface area (Å²) in [6, 6.07) is 5.97. The Morgan fingerprint density at radius 3 is 2.46 bits per heavy atom. The van der Waals surface area contributed by atoms with Crippen LogP contribution in [0, 0.1) is 11.8 Å². The molecule has 4 aliphatic rings. The van der Waals surface area contributed by atoms with Gasteiger partial charge in [0.1, 0.15) is 0 Å². The Balaban J connectivity index is 1.19. The molecule has 1 aromatic carbocycles. The fourth-order valence-corrected chi connectivity index (χ4v) is 4.94. The van der Waals surface area contributed by atoms with Crippen LogP contribution in [0.3, 0.4) is 0 Å². The number of aliphatic carboxylic acids is 1. The van der Waals surface area contributed by atoms with Crippen molar-refractivity contribution in [3.05, 3.63) is 23.8 Å². The fraction of sp³-hybridized carbons (Fsp3) is 0.600. The van der Waals surface area contributed by atoms with Crippen LogP contribution in [-0.4, -0.2) is 72.0 Å². The predicted molar refractivity (Wildman–Crippen MR) is 96.9 cm³/mol. The number of ether oxygens (including phenoxy) is 3. The van der Waals surface area contributed by atoms with Crippen molar-refractivity contribution in [2.45, 2.75) is 31.6 Å². The summed E-state index contributed by atoms with van der Waals surface area (Å²) in [6.45, 7) is 3.81. The van der Waals surface area contributed by atoms with Gasteiger partial charge in [-0.05, 0) is 30.5 Å². The van der Waals surface area contributed by atoms with Gasteiger partial charge in [0.05, 0.1) is 24.0 Å². The number of fused-ring (bicyclic) bond motifs is 3. The monoisotopic (exact) mass is 388 g/mol. The molecule has 28 heavy (non-hydrogen) atoms. The maximum absolute atomic E-state index is 13.0. The van der Waals surface area contributed by atoms with Gasteiger partial charge in [-0.3, -0.25) is 14.5 Å². The van der Waals surface area contributed by atoms with Gasteiger partial charge in [-0.1, -0.05) is 6.07 Å². The minimum absolute atomic E-state index is 0.0534. The summed E-state index contributed by atoms with van der Waals surface area (Å²) >= 11 is 0. The number of nitrogens with zero attached hydrogens (tertiary/aromatic N) is 2. The van der Waals surface area contributed by atoms with Crippen LogP contribution in [0.15, 0.2) is 18.2 Å². The van der Waals surface area contributed by atoms with Crippen LogP contribution in [0.5, 0.6) is 11.5 Å². The van der Waals surface area contributed by atoms with Gasteiger partial charge in [0.2, 0.25) is 12.7 Å². The van der Waals surface area contributed by atoms with Crippen molar-refractivity contribution in [1.82, 2.24) is 9.80 Å². The molecule has 0 spiro atoms. The Morgan fingerprint density at radius 2 is 1.71 bits per heavy atom. The SMILES string of the molecule is O=C(O)[C@H]1[C@@H](C(=O)N2CCN(Cc3ccc4c(c3)OCO4)CC2)[C@H]2CC[C@H]1O2. The van der Waals surface area contributed by atoms with Crippen LogP contribution in [0.1, 0.15) is 18.4 Å². The zero-order valence-corrected chi connectivity index (χ0v) is 15.6. The summed E-state index contributed by atoms with van der Waals surface area (Å²) in [5.41, 5.74) is 1.15. The number of benzene rings is 1. The van der Waals surface area contributed by atoms with Gasteiger partial charge in [-0.15, -0.1) is 0 Å². The molecule has 1 N–H and O–H groups in total. The summed E-state index contributed by atoms with van der Waals surface area (Å²) < 4.78 is 16.5. The van der Waals surface area contributed by atoms with Crippen LogP contribution in [-0.2, 0) is 20.9 Å². The second kappa shape index (κ2) is 6.93. The number of carboxylic acids is 1. The van der Waals surface area contributed by atoms with E-state index in [0.29, 0.717) is 13.1 Å². The molecule has 4 aliphatic heterocycles. The van der Waals surface area contributed by atoms with Crippen LogP contribution in [0.4, 0.5) is 0 Å². The maximum Gasteiger partial charge on any atom is 0.310 e. The van der Waals surface area contributed by atoms with Crippen LogP contribution < -0.4 is 9.47 Å². The first-order valence-corrected chi connectivity index (χ1v) is 9.88. The maximum atomic E-state index is 13.0. The van der Waals surface area contributed by atoms with Gasteiger partial charge < -0.3 is 24.2 Å². The second-order valence-corrected chi connectivity index (χ2v) is 7.97. The molecule has 8 nitrogen and oxygen atoms in total. The highest BCUT2D eigenvalue weighted by Gasteiger charge is 2.56. The van der Waals surface area contributed by atoms with Crippen molar-refractivity contribution in [3.63, 3.8) is 0 Å². The average Bonchev–Trinajstić information content (AvgIpc) is 3.43. The van der Waals surface area contributed by atoms with E-state index in [2.05, 4.69) is 4.90 Å². The van der Waals surface area contributed by atoms with Crippen molar-refractivity contribution < 1.29 is 28.9 Å². The summed E-state index contributed by atoms with van der Waals surface area (Å²) in [4.78, 5) is 28.8. The molecule has 0 saturated carbocycles. The van der Waals surface area contributed by atoms with E-state index in [1.807, 2.05) is 23.1 Å². The van der Waals surface area contributed by atoms with E-state index in [4.69, 9.17) is 14.2 Å². The molecule has 4 heterocycles. The third-order valence-corrected chi connectivity index (χ3v) is 6.37. The number of carbonyl (C=O) groups excluding carboxylic acids is 1. The highest BCUT2D eigenvalue weighted by atomic mass is 16.7. The van der Waals surface area contributed by atoms with E-state index >= 15 is 0 Å². The van der Waals surface area contributed by atoms with E-state index in [1.54, 1.807) is 0 Å². The second-order valence-electron chi connectivity index (χ2n) is 7.97. The first kappa shape index (κ1) is 17.8. The van der Waals surface area contributed by atoms with E-state index in [9.17, 15) is 14.7 Å². The largest absolute Gasteiger partial charge is 0.481 e.